The molecule has 2 rings (SSSR count). The molecular formula is C21H25NO4. The van der Waals surface area contributed by atoms with Crippen LogP contribution >= 0.6 is 0 Å². The first-order chi connectivity index (χ1) is 12.4. The molecule has 0 aromatic heterocycles. The van der Waals surface area contributed by atoms with Crippen LogP contribution < -0.4 is 10.1 Å². The molecule has 5 heteroatoms. The van der Waals surface area contributed by atoms with Crippen LogP contribution in [0.1, 0.15) is 43.1 Å². The molecule has 0 radical (unpaired) electrons. The summed E-state index contributed by atoms with van der Waals surface area (Å²) in [5.41, 5.74) is 2.38. The monoisotopic (exact) mass is 355 g/mol. The summed E-state index contributed by atoms with van der Waals surface area (Å²) in [5.74, 6) is -0.101. The minimum atomic E-state index is -0.712. The van der Waals surface area contributed by atoms with Crippen LogP contribution in [-0.2, 0) is 9.53 Å². The average Bonchev–Trinajstić information content (AvgIpc) is 2.63. The molecule has 0 aliphatic carbocycles. The predicted molar refractivity (Wildman–Crippen MR) is 102 cm³/mol. The average molecular weight is 355 g/mol. The van der Waals surface area contributed by atoms with Gasteiger partial charge in [-0.1, -0.05) is 24.6 Å². The highest BCUT2D eigenvalue weighted by Crippen LogP contribution is 2.16. The van der Waals surface area contributed by atoms with Crippen molar-refractivity contribution in [2.75, 3.05) is 5.32 Å². The summed E-state index contributed by atoms with van der Waals surface area (Å²) >= 11 is 0. The Hall–Kier alpha value is -2.82. The van der Waals surface area contributed by atoms with E-state index >= 15 is 0 Å². The van der Waals surface area contributed by atoms with Crippen LogP contribution in [0, 0.1) is 6.92 Å². The Morgan fingerprint density at radius 3 is 2.19 bits per heavy atom. The lowest BCUT2D eigenvalue weighted by Crippen LogP contribution is -2.29. The largest absolute Gasteiger partial charge is 0.479 e. The van der Waals surface area contributed by atoms with Crippen molar-refractivity contribution in [3.05, 3.63) is 59.7 Å². The van der Waals surface area contributed by atoms with E-state index in [1.165, 1.54) is 0 Å². The van der Waals surface area contributed by atoms with Gasteiger partial charge in [0, 0.05) is 11.3 Å². The number of carbonyl (C=O) groups excluding carboxylic acids is 2. The van der Waals surface area contributed by atoms with Crippen LogP contribution in [0.5, 0.6) is 5.75 Å². The SMILES string of the molecule is CC[C@H](C)OC(=O)[C@H](C)Oc1ccc(C(=O)Nc2ccc(C)cc2)cc1. The lowest BCUT2D eigenvalue weighted by molar-refractivity contribution is -0.155. The molecule has 0 bridgehead atoms. The van der Waals surface area contributed by atoms with E-state index in [9.17, 15) is 9.59 Å². The Morgan fingerprint density at radius 2 is 1.62 bits per heavy atom. The molecule has 1 N–H and O–H groups in total. The van der Waals surface area contributed by atoms with Crippen LogP contribution in [-0.4, -0.2) is 24.1 Å². The van der Waals surface area contributed by atoms with E-state index in [1.54, 1.807) is 31.2 Å². The van der Waals surface area contributed by atoms with Crippen molar-refractivity contribution >= 4 is 17.6 Å². The fourth-order valence-corrected chi connectivity index (χ4v) is 2.15. The molecule has 0 saturated heterocycles. The molecule has 0 aliphatic heterocycles. The van der Waals surface area contributed by atoms with Crippen molar-refractivity contribution in [3.63, 3.8) is 0 Å². The third-order valence-corrected chi connectivity index (χ3v) is 3.96. The van der Waals surface area contributed by atoms with Gasteiger partial charge < -0.3 is 14.8 Å². The van der Waals surface area contributed by atoms with Crippen LogP contribution in [0.2, 0.25) is 0 Å². The first-order valence-electron chi connectivity index (χ1n) is 8.74. The minimum Gasteiger partial charge on any atom is -0.479 e. The number of hydrogen-bond donors (Lipinski definition) is 1. The van der Waals surface area contributed by atoms with Crippen molar-refractivity contribution < 1.29 is 19.1 Å². The molecule has 0 unspecified atom stereocenters. The Labute approximate surface area is 154 Å². The molecule has 2 atom stereocenters. The van der Waals surface area contributed by atoms with E-state index in [2.05, 4.69) is 5.32 Å². The van der Waals surface area contributed by atoms with Crippen LogP contribution in [0.3, 0.4) is 0 Å². The summed E-state index contributed by atoms with van der Waals surface area (Å²) in [6.45, 7) is 7.42. The Bertz CT molecular complexity index is 738. The number of rotatable bonds is 7. The summed E-state index contributed by atoms with van der Waals surface area (Å²) in [6.07, 6.45) is -0.0962. The van der Waals surface area contributed by atoms with Gasteiger partial charge in [0.2, 0.25) is 0 Å². The number of amides is 1. The number of aryl methyl sites for hydroxylation is 1. The van der Waals surface area contributed by atoms with E-state index in [1.807, 2.05) is 45.0 Å². The van der Waals surface area contributed by atoms with Gasteiger partial charge in [0.05, 0.1) is 6.10 Å². The van der Waals surface area contributed by atoms with Crippen LogP contribution in [0.25, 0.3) is 0 Å². The fraction of sp³-hybridized carbons (Fsp3) is 0.333. The Morgan fingerprint density at radius 1 is 1.00 bits per heavy atom. The summed E-state index contributed by atoms with van der Waals surface area (Å²) in [6, 6.07) is 14.2. The number of hydrogen-bond acceptors (Lipinski definition) is 4. The van der Waals surface area contributed by atoms with Gasteiger partial charge in [-0.05, 0) is 63.6 Å². The van der Waals surface area contributed by atoms with E-state index in [-0.39, 0.29) is 12.0 Å². The number of esters is 1. The number of carbonyl (C=O) groups is 2. The maximum absolute atomic E-state index is 12.3. The molecular weight excluding hydrogens is 330 g/mol. The minimum absolute atomic E-state index is 0.138. The standard InChI is InChI=1S/C21H25NO4/c1-5-15(3)25-21(24)16(4)26-19-12-8-17(9-13-19)20(23)22-18-10-6-14(2)7-11-18/h6-13,15-16H,5H2,1-4H3,(H,22,23)/t15-,16-/m0/s1. The zero-order valence-corrected chi connectivity index (χ0v) is 15.6. The predicted octanol–water partition coefficient (Wildman–Crippen LogP) is 4.36. The van der Waals surface area contributed by atoms with Gasteiger partial charge in [-0.25, -0.2) is 4.79 Å². The summed E-state index contributed by atoms with van der Waals surface area (Å²) in [7, 11) is 0. The third kappa shape index (κ3) is 5.62. The summed E-state index contributed by atoms with van der Waals surface area (Å²) in [5, 5.41) is 2.84. The van der Waals surface area contributed by atoms with Crippen molar-refractivity contribution in [1.82, 2.24) is 0 Å². The quantitative estimate of drug-likeness (QED) is 0.750. The molecule has 26 heavy (non-hydrogen) atoms. The molecule has 138 valence electrons. The van der Waals surface area contributed by atoms with Crippen molar-refractivity contribution in [2.45, 2.75) is 46.3 Å². The number of ether oxygens (including phenoxy) is 2. The summed E-state index contributed by atoms with van der Waals surface area (Å²) < 4.78 is 10.8. The second-order valence-corrected chi connectivity index (χ2v) is 6.26. The van der Waals surface area contributed by atoms with Gasteiger partial charge in [0.15, 0.2) is 6.10 Å². The topological polar surface area (TPSA) is 64.6 Å². The van der Waals surface area contributed by atoms with E-state index in [0.717, 1.165) is 17.7 Å². The highest BCUT2D eigenvalue weighted by Gasteiger charge is 2.18. The molecule has 2 aromatic carbocycles. The molecule has 0 heterocycles. The Balaban J connectivity index is 1.93. The maximum atomic E-state index is 12.3. The molecule has 0 saturated carbocycles. The van der Waals surface area contributed by atoms with Crippen molar-refractivity contribution in [1.29, 1.82) is 0 Å². The van der Waals surface area contributed by atoms with E-state index in [4.69, 9.17) is 9.47 Å². The Kier molecular flexibility index (Phi) is 6.78. The van der Waals surface area contributed by atoms with Gasteiger partial charge in [0.1, 0.15) is 5.75 Å². The zero-order chi connectivity index (χ0) is 19.1. The number of benzene rings is 2. The zero-order valence-electron chi connectivity index (χ0n) is 15.6. The number of anilines is 1. The highest BCUT2D eigenvalue weighted by atomic mass is 16.6. The summed E-state index contributed by atoms with van der Waals surface area (Å²) in [4.78, 5) is 24.2. The van der Waals surface area contributed by atoms with E-state index in [0.29, 0.717) is 11.3 Å². The second kappa shape index (κ2) is 9.04. The van der Waals surface area contributed by atoms with Gasteiger partial charge in [0.25, 0.3) is 5.91 Å². The third-order valence-electron chi connectivity index (χ3n) is 3.96. The van der Waals surface area contributed by atoms with Crippen molar-refractivity contribution in [3.8, 4) is 5.75 Å². The van der Waals surface area contributed by atoms with Gasteiger partial charge in [-0.3, -0.25) is 4.79 Å². The lowest BCUT2D eigenvalue weighted by atomic mass is 10.2. The van der Waals surface area contributed by atoms with Gasteiger partial charge >= 0.3 is 5.97 Å². The van der Waals surface area contributed by atoms with Crippen LogP contribution in [0.15, 0.2) is 48.5 Å². The van der Waals surface area contributed by atoms with E-state index < -0.39 is 12.1 Å². The highest BCUT2D eigenvalue weighted by molar-refractivity contribution is 6.04. The lowest BCUT2D eigenvalue weighted by Gasteiger charge is -2.17. The first kappa shape index (κ1) is 19.5. The van der Waals surface area contributed by atoms with Gasteiger partial charge in [-0.2, -0.15) is 0 Å². The normalized spacial score (nSPS) is 12.8. The second-order valence-electron chi connectivity index (χ2n) is 6.26. The molecule has 0 spiro atoms. The fourth-order valence-electron chi connectivity index (χ4n) is 2.15. The molecule has 1 amide bonds. The molecule has 0 aliphatic rings. The van der Waals surface area contributed by atoms with Crippen LogP contribution in [0.4, 0.5) is 5.69 Å². The number of nitrogens with one attached hydrogen (secondary N) is 1. The molecule has 5 nitrogen and oxygen atoms in total. The smallest absolute Gasteiger partial charge is 0.347 e. The maximum Gasteiger partial charge on any atom is 0.347 e. The molecule has 0 fully saturated rings. The van der Waals surface area contributed by atoms with Gasteiger partial charge in [-0.15, -0.1) is 0 Å². The van der Waals surface area contributed by atoms with Crippen molar-refractivity contribution in [2.24, 2.45) is 0 Å². The molecule has 2 aromatic rings. The first-order valence-corrected chi connectivity index (χ1v) is 8.74.